The van der Waals surface area contributed by atoms with E-state index in [1.54, 1.807) is 6.92 Å². The highest BCUT2D eigenvalue weighted by Crippen LogP contribution is 2.25. The Labute approximate surface area is 119 Å². The predicted molar refractivity (Wildman–Crippen MR) is 75.2 cm³/mol. The van der Waals surface area contributed by atoms with E-state index in [-0.39, 0.29) is 17.2 Å². The van der Waals surface area contributed by atoms with Gasteiger partial charge >= 0.3 is 5.97 Å². The highest BCUT2D eigenvalue weighted by Gasteiger charge is 2.17. The molecule has 0 radical (unpaired) electrons. The Hall–Kier alpha value is -2.89. The molecule has 0 unspecified atom stereocenters. The Bertz CT molecular complexity index is 878. The molecule has 1 aromatic carbocycles. The van der Waals surface area contributed by atoms with E-state index in [4.69, 9.17) is 9.15 Å². The minimum Gasteiger partial charge on any atom is -0.438 e. The summed E-state index contributed by atoms with van der Waals surface area (Å²) in [5.41, 5.74) is 1.20. The largest absolute Gasteiger partial charge is 0.438 e. The fraction of sp³-hybridized carbons (Fsp3) is 0.133. The van der Waals surface area contributed by atoms with E-state index in [1.165, 1.54) is 13.0 Å². The van der Waals surface area contributed by atoms with Gasteiger partial charge in [-0.1, -0.05) is 30.3 Å². The summed E-state index contributed by atoms with van der Waals surface area (Å²) >= 11 is 0. The van der Waals surface area contributed by atoms with Gasteiger partial charge in [0, 0.05) is 18.6 Å². The van der Waals surface area contributed by atoms with E-state index in [0.29, 0.717) is 11.3 Å². The molecule has 21 heavy (non-hydrogen) atoms. The summed E-state index contributed by atoms with van der Waals surface area (Å²) in [6.45, 7) is 2.95. The zero-order valence-corrected chi connectivity index (χ0v) is 11.5. The molecule has 0 fully saturated rings. The molecule has 6 nitrogen and oxygen atoms in total. The van der Waals surface area contributed by atoms with E-state index < -0.39 is 5.97 Å². The van der Waals surface area contributed by atoms with Crippen LogP contribution in [0, 0.1) is 6.92 Å². The number of aryl methyl sites for hydroxylation is 1. The van der Waals surface area contributed by atoms with Crippen molar-refractivity contribution in [2.24, 2.45) is 0 Å². The van der Waals surface area contributed by atoms with Crippen molar-refractivity contribution in [2.45, 2.75) is 13.8 Å². The third-order valence-electron chi connectivity index (χ3n) is 2.99. The van der Waals surface area contributed by atoms with Gasteiger partial charge in [0.2, 0.25) is 11.6 Å². The number of ether oxygens (including phenoxy) is 1. The van der Waals surface area contributed by atoms with Crippen molar-refractivity contribution >= 4 is 11.7 Å². The normalized spacial score (nSPS) is 10.8. The first-order valence-electron chi connectivity index (χ1n) is 6.33. The van der Waals surface area contributed by atoms with Crippen molar-refractivity contribution in [3.8, 4) is 17.2 Å². The van der Waals surface area contributed by atoms with Gasteiger partial charge in [0.05, 0.1) is 5.56 Å². The van der Waals surface area contributed by atoms with Crippen LogP contribution in [-0.4, -0.2) is 15.6 Å². The first-order chi connectivity index (χ1) is 10.1. The summed E-state index contributed by atoms with van der Waals surface area (Å²) in [5, 5.41) is 3.95. The highest BCUT2D eigenvalue weighted by atomic mass is 16.5. The molecular weight excluding hydrogens is 272 g/mol. The monoisotopic (exact) mass is 284 g/mol. The van der Waals surface area contributed by atoms with Crippen LogP contribution in [0.2, 0.25) is 0 Å². The van der Waals surface area contributed by atoms with Crippen LogP contribution in [0.1, 0.15) is 12.5 Å². The molecule has 6 heteroatoms. The number of carbonyl (C=O) groups excluding carboxylic acids is 1. The van der Waals surface area contributed by atoms with Crippen LogP contribution in [0.3, 0.4) is 0 Å². The summed E-state index contributed by atoms with van der Waals surface area (Å²) in [7, 11) is 0. The number of hydrogen-bond donors (Lipinski definition) is 0. The molecule has 0 atom stereocenters. The van der Waals surface area contributed by atoms with Gasteiger partial charge in [0.15, 0.2) is 0 Å². The van der Waals surface area contributed by atoms with Crippen molar-refractivity contribution in [2.75, 3.05) is 0 Å². The number of aromatic nitrogens is 2. The van der Waals surface area contributed by atoms with Crippen LogP contribution in [0.4, 0.5) is 0 Å². The number of esters is 1. The number of carbonyl (C=O) groups is 1. The molecule has 2 aromatic heterocycles. The Morgan fingerprint density at radius 2 is 2.00 bits per heavy atom. The first-order valence-corrected chi connectivity index (χ1v) is 6.33. The molecule has 2 heterocycles. The van der Waals surface area contributed by atoms with Gasteiger partial charge in [-0.2, -0.15) is 4.52 Å². The molecule has 0 aliphatic heterocycles. The summed E-state index contributed by atoms with van der Waals surface area (Å²) in [6.07, 6.45) is 0. The Balaban J connectivity index is 2.22. The van der Waals surface area contributed by atoms with Gasteiger partial charge in [-0.25, -0.2) is 0 Å². The molecule has 0 saturated carbocycles. The minimum absolute atomic E-state index is 0.0774. The highest BCUT2D eigenvalue weighted by molar-refractivity contribution is 5.70. The summed E-state index contributed by atoms with van der Waals surface area (Å²) in [5.74, 6) is 0.0104. The van der Waals surface area contributed by atoms with Gasteiger partial charge < -0.3 is 9.15 Å². The second-order valence-corrected chi connectivity index (χ2v) is 4.56. The van der Waals surface area contributed by atoms with Crippen molar-refractivity contribution in [1.29, 1.82) is 0 Å². The van der Waals surface area contributed by atoms with Crippen LogP contribution < -0.4 is 10.3 Å². The third kappa shape index (κ3) is 2.31. The van der Waals surface area contributed by atoms with Crippen molar-refractivity contribution in [3.05, 3.63) is 52.3 Å². The molecule has 0 aliphatic rings. The lowest BCUT2D eigenvalue weighted by molar-refractivity contribution is -0.132. The standard InChI is InChI=1S/C15H12N2O4/c1-9-14(20-10(2)18)16-17-13(19)8-12(21-15(9)17)11-6-4-3-5-7-11/h3-8H,1-2H3. The average molecular weight is 284 g/mol. The predicted octanol–water partition coefficient (Wildman–Crippen LogP) is 2.19. The van der Waals surface area contributed by atoms with Crippen LogP contribution in [0.5, 0.6) is 5.88 Å². The molecule has 106 valence electrons. The van der Waals surface area contributed by atoms with Gasteiger partial charge in [0.25, 0.3) is 5.56 Å². The molecule has 0 N–H and O–H groups in total. The quantitative estimate of drug-likeness (QED) is 0.674. The number of rotatable bonds is 2. The first kappa shape index (κ1) is 13.1. The SMILES string of the molecule is CC(=O)Oc1nn2c(=O)cc(-c3ccccc3)oc2c1C. The molecule has 3 rings (SSSR count). The maximum atomic E-state index is 12.1. The molecule has 0 bridgehead atoms. The summed E-state index contributed by atoms with van der Waals surface area (Å²) in [6, 6.07) is 10.6. The van der Waals surface area contributed by atoms with E-state index in [9.17, 15) is 9.59 Å². The summed E-state index contributed by atoms with van der Waals surface area (Å²) < 4.78 is 11.8. The van der Waals surface area contributed by atoms with E-state index in [2.05, 4.69) is 5.10 Å². The number of nitrogens with zero attached hydrogens (tertiary/aromatic N) is 2. The van der Waals surface area contributed by atoms with Crippen LogP contribution in [0.15, 0.2) is 45.6 Å². The number of benzene rings is 1. The third-order valence-corrected chi connectivity index (χ3v) is 2.99. The molecule has 0 saturated heterocycles. The van der Waals surface area contributed by atoms with Gasteiger partial charge in [-0.05, 0) is 6.92 Å². The molecule has 0 aliphatic carbocycles. The average Bonchev–Trinajstić information content (AvgIpc) is 2.77. The van der Waals surface area contributed by atoms with Crippen LogP contribution >= 0.6 is 0 Å². The van der Waals surface area contributed by atoms with E-state index in [1.807, 2.05) is 30.3 Å². The van der Waals surface area contributed by atoms with Crippen molar-refractivity contribution in [3.63, 3.8) is 0 Å². The van der Waals surface area contributed by atoms with Crippen molar-refractivity contribution < 1.29 is 13.9 Å². The van der Waals surface area contributed by atoms with Gasteiger partial charge in [-0.15, -0.1) is 5.10 Å². The van der Waals surface area contributed by atoms with E-state index >= 15 is 0 Å². The fourth-order valence-electron chi connectivity index (χ4n) is 2.02. The lowest BCUT2D eigenvalue weighted by Crippen LogP contribution is -2.13. The molecule has 0 amide bonds. The topological polar surface area (TPSA) is 73.8 Å². The maximum Gasteiger partial charge on any atom is 0.309 e. The van der Waals surface area contributed by atoms with Crippen molar-refractivity contribution in [1.82, 2.24) is 9.61 Å². The Kier molecular flexibility index (Phi) is 3.06. The zero-order valence-electron chi connectivity index (χ0n) is 11.5. The molecule has 3 aromatic rings. The van der Waals surface area contributed by atoms with Crippen LogP contribution in [0.25, 0.3) is 17.0 Å². The Morgan fingerprint density at radius 3 is 2.67 bits per heavy atom. The van der Waals surface area contributed by atoms with Gasteiger partial charge in [-0.3, -0.25) is 9.59 Å². The molecular formula is C15H12N2O4. The van der Waals surface area contributed by atoms with Gasteiger partial charge in [0.1, 0.15) is 5.76 Å². The second kappa shape index (κ2) is 4.90. The van der Waals surface area contributed by atoms with Crippen LogP contribution in [-0.2, 0) is 4.79 Å². The second-order valence-electron chi connectivity index (χ2n) is 4.56. The summed E-state index contributed by atoms with van der Waals surface area (Å²) in [4.78, 5) is 23.2. The Morgan fingerprint density at radius 1 is 1.29 bits per heavy atom. The lowest BCUT2D eigenvalue weighted by atomic mass is 10.2. The van der Waals surface area contributed by atoms with E-state index in [0.717, 1.165) is 10.1 Å². The minimum atomic E-state index is -0.503. The maximum absolute atomic E-state index is 12.1. The number of hydrogen-bond acceptors (Lipinski definition) is 5. The lowest BCUT2D eigenvalue weighted by Gasteiger charge is -2.00. The smallest absolute Gasteiger partial charge is 0.309 e. The zero-order chi connectivity index (χ0) is 15.0. The molecule has 0 spiro atoms. The fourth-order valence-corrected chi connectivity index (χ4v) is 2.02. The number of fused-ring (bicyclic) bond motifs is 1.